The molecule has 3 N–H and O–H groups in total. The molecule has 0 aliphatic rings. The van der Waals surface area contributed by atoms with Gasteiger partial charge >= 0.3 is 0 Å². The van der Waals surface area contributed by atoms with Gasteiger partial charge in [0, 0.05) is 12.6 Å². The van der Waals surface area contributed by atoms with Gasteiger partial charge in [-0.1, -0.05) is 26.0 Å². The summed E-state index contributed by atoms with van der Waals surface area (Å²) in [5, 5.41) is 15.5. The maximum absolute atomic E-state index is 11.9. The Bertz CT molecular complexity index is 415. The Morgan fingerprint density at radius 2 is 1.75 bits per heavy atom. The minimum absolute atomic E-state index is 0.0382. The van der Waals surface area contributed by atoms with Crippen LogP contribution in [0.1, 0.15) is 33.3 Å². The van der Waals surface area contributed by atoms with E-state index in [1.165, 1.54) is 0 Å². The molecule has 0 bridgehead atoms. The molecule has 1 aromatic carbocycles. The molecule has 0 heterocycles. The second kappa shape index (κ2) is 7.90. The van der Waals surface area contributed by atoms with Crippen LogP contribution in [0.3, 0.4) is 0 Å². The van der Waals surface area contributed by atoms with Gasteiger partial charge in [0.05, 0.1) is 6.04 Å². The van der Waals surface area contributed by atoms with Gasteiger partial charge < -0.3 is 15.7 Å². The van der Waals surface area contributed by atoms with Gasteiger partial charge in [-0.25, -0.2) is 0 Å². The number of phenols is 1. The Balaban J connectivity index is 2.39. The van der Waals surface area contributed by atoms with Crippen LogP contribution < -0.4 is 10.6 Å². The molecule has 4 heteroatoms. The van der Waals surface area contributed by atoms with E-state index in [-0.39, 0.29) is 23.7 Å². The smallest absolute Gasteiger partial charge is 0.236 e. The van der Waals surface area contributed by atoms with Crippen molar-refractivity contribution in [3.8, 4) is 5.75 Å². The number of amides is 1. The normalized spacial score (nSPS) is 14.1. The predicted molar refractivity (Wildman–Crippen MR) is 81.7 cm³/mol. The van der Waals surface area contributed by atoms with E-state index in [1.807, 2.05) is 19.1 Å². The maximum atomic E-state index is 11.9. The van der Waals surface area contributed by atoms with E-state index in [4.69, 9.17) is 0 Å². The van der Waals surface area contributed by atoms with Crippen molar-refractivity contribution in [2.45, 2.75) is 46.2 Å². The minimum Gasteiger partial charge on any atom is -0.508 e. The van der Waals surface area contributed by atoms with Crippen LogP contribution in [0.25, 0.3) is 0 Å². The summed E-state index contributed by atoms with van der Waals surface area (Å²) in [7, 11) is 0. The lowest BCUT2D eigenvalue weighted by atomic mass is 10.1. The van der Waals surface area contributed by atoms with Crippen molar-refractivity contribution in [2.75, 3.05) is 6.54 Å². The number of phenolic OH excluding ortho intramolecular Hbond substituents is 1. The molecule has 4 nitrogen and oxygen atoms in total. The van der Waals surface area contributed by atoms with Gasteiger partial charge in [0.25, 0.3) is 0 Å². The molecule has 1 aromatic rings. The molecule has 2 unspecified atom stereocenters. The molecular formula is C16H26N2O2. The molecule has 0 aliphatic carbocycles. The summed E-state index contributed by atoms with van der Waals surface area (Å²) in [6.07, 6.45) is 0.822. The fourth-order valence-corrected chi connectivity index (χ4v) is 2.00. The van der Waals surface area contributed by atoms with Crippen molar-refractivity contribution < 1.29 is 9.90 Å². The first-order valence-electron chi connectivity index (χ1n) is 7.20. The fraction of sp³-hybridized carbons (Fsp3) is 0.562. The lowest BCUT2D eigenvalue weighted by Crippen LogP contribution is -2.47. The van der Waals surface area contributed by atoms with Gasteiger partial charge in [0.15, 0.2) is 0 Å². The fourth-order valence-electron chi connectivity index (χ4n) is 2.00. The highest BCUT2D eigenvalue weighted by Gasteiger charge is 2.15. The van der Waals surface area contributed by atoms with E-state index in [0.717, 1.165) is 12.0 Å². The number of hydrogen-bond acceptors (Lipinski definition) is 3. The summed E-state index contributed by atoms with van der Waals surface area (Å²) in [6, 6.07) is 7.15. The van der Waals surface area contributed by atoms with Crippen molar-refractivity contribution in [1.82, 2.24) is 10.6 Å². The quantitative estimate of drug-likeness (QED) is 0.715. The standard InChI is InChI=1S/C16H26N2O2/c1-11(2)10-17-16(20)13(4)18-12(3)9-14-5-7-15(19)8-6-14/h5-8,11-13,18-19H,9-10H2,1-4H3,(H,17,20). The summed E-state index contributed by atoms with van der Waals surface area (Å²) in [5.41, 5.74) is 1.14. The van der Waals surface area contributed by atoms with E-state index in [9.17, 15) is 9.90 Å². The highest BCUT2D eigenvalue weighted by Crippen LogP contribution is 2.11. The number of benzene rings is 1. The van der Waals surface area contributed by atoms with E-state index >= 15 is 0 Å². The first kappa shape index (κ1) is 16.5. The zero-order chi connectivity index (χ0) is 15.1. The number of hydrogen-bond donors (Lipinski definition) is 3. The molecule has 0 fully saturated rings. The zero-order valence-corrected chi connectivity index (χ0v) is 12.8. The van der Waals surface area contributed by atoms with Crippen molar-refractivity contribution in [2.24, 2.45) is 5.92 Å². The Morgan fingerprint density at radius 1 is 1.15 bits per heavy atom. The third-order valence-corrected chi connectivity index (χ3v) is 3.09. The Hall–Kier alpha value is -1.55. The largest absolute Gasteiger partial charge is 0.508 e. The number of nitrogens with one attached hydrogen (secondary N) is 2. The van der Waals surface area contributed by atoms with Crippen molar-refractivity contribution >= 4 is 5.91 Å². The Morgan fingerprint density at radius 3 is 2.30 bits per heavy atom. The average molecular weight is 278 g/mol. The second-order valence-electron chi connectivity index (χ2n) is 5.80. The molecule has 0 spiro atoms. The van der Waals surface area contributed by atoms with Crippen LogP contribution in [0.4, 0.5) is 0 Å². The van der Waals surface area contributed by atoms with Crippen LogP contribution in [-0.2, 0) is 11.2 Å². The summed E-state index contributed by atoms with van der Waals surface area (Å²) in [6.45, 7) is 8.79. The zero-order valence-electron chi connectivity index (χ0n) is 12.8. The molecule has 2 atom stereocenters. The van der Waals surface area contributed by atoms with Crippen molar-refractivity contribution in [3.05, 3.63) is 29.8 Å². The molecular weight excluding hydrogens is 252 g/mol. The number of rotatable bonds is 7. The second-order valence-corrected chi connectivity index (χ2v) is 5.80. The van der Waals surface area contributed by atoms with Crippen LogP contribution in [0.15, 0.2) is 24.3 Å². The van der Waals surface area contributed by atoms with E-state index in [0.29, 0.717) is 12.5 Å². The van der Waals surface area contributed by atoms with Crippen molar-refractivity contribution in [3.63, 3.8) is 0 Å². The lowest BCUT2D eigenvalue weighted by Gasteiger charge is -2.20. The lowest BCUT2D eigenvalue weighted by molar-refractivity contribution is -0.123. The third-order valence-electron chi connectivity index (χ3n) is 3.09. The van der Waals surface area contributed by atoms with Gasteiger partial charge in [-0.2, -0.15) is 0 Å². The summed E-state index contributed by atoms with van der Waals surface area (Å²) >= 11 is 0. The van der Waals surface area contributed by atoms with Gasteiger partial charge in [-0.3, -0.25) is 4.79 Å². The number of aromatic hydroxyl groups is 1. The molecule has 0 aromatic heterocycles. The summed E-state index contributed by atoms with van der Waals surface area (Å²) in [4.78, 5) is 11.9. The minimum atomic E-state index is -0.208. The van der Waals surface area contributed by atoms with Gasteiger partial charge in [0.1, 0.15) is 5.75 Å². The maximum Gasteiger partial charge on any atom is 0.236 e. The van der Waals surface area contributed by atoms with Crippen LogP contribution in [0.5, 0.6) is 5.75 Å². The van der Waals surface area contributed by atoms with Gasteiger partial charge in [-0.05, 0) is 43.9 Å². The Kier molecular flexibility index (Phi) is 6.52. The molecule has 1 rings (SSSR count). The molecule has 0 radical (unpaired) electrons. The van der Waals surface area contributed by atoms with E-state index in [1.54, 1.807) is 12.1 Å². The van der Waals surface area contributed by atoms with Gasteiger partial charge in [-0.15, -0.1) is 0 Å². The Labute approximate surface area is 121 Å². The average Bonchev–Trinajstić information content (AvgIpc) is 2.38. The molecule has 0 saturated heterocycles. The van der Waals surface area contributed by atoms with Gasteiger partial charge in [0.2, 0.25) is 5.91 Å². The molecule has 0 aliphatic heterocycles. The van der Waals surface area contributed by atoms with E-state index < -0.39 is 0 Å². The summed E-state index contributed by atoms with van der Waals surface area (Å²) in [5.74, 6) is 0.771. The molecule has 1 amide bonds. The van der Waals surface area contributed by atoms with Crippen LogP contribution in [0, 0.1) is 5.92 Å². The topological polar surface area (TPSA) is 61.4 Å². The summed E-state index contributed by atoms with van der Waals surface area (Å²) < 4.78 is 0. The van der Waals surface area contributed by atoms with Crippen LogP contribution in [0.2, 0.25) is 0 Å². The van der Waals surface area contributed by atoms with E-state index in [2.05, 4.69) is 31.4 Å². The molecule has 0 saturated carbocycles. The molecule has 112 valence electrons. The van der Waals surface area contributed by atoms with Crippen LogP contribution in [-0.4, -0.2) is 29.6 Å². The first-order chi connectivity index (χ1) is 9.38. The van der Waals surface area contributed by atoms with Crippen LogP contribution >= 0.6 is 0 Å². The first-order valence-corrected chi connectivity index (χ1v) is 7.20. The number of carbonyl (C=O) groups excluding carboxylic acids is 1. The monoisotopic (exact) mass is 278 g/mol. The highest BCUT2D eigenvalue weighted by molar-refractivity contribution is 5.81. The molecule has 20 heavy (non-hydrogen) atoms. The third kappa shape index (κ3) is 6.06. The SMILES string of the molecule is CC(C)CNC(=O)C(C)NC(C)Cc1ccc(O)cc1. The number of carbonyl (C=O) groups is 1. The predicted octanol–water partition coefficient (Wildman–Crippen LogP) is 2.07. The highest BCUT2D eigenvalue weighted by atomic mass is 16.3. The van der Waals surface area contributed by atoms with Crippen molar-refractivity contribution in [1.29, 1.82) is 0 Å².